The van der Waals surface area contributed by atoms with Crippen molar-refractivity contribution in [3.05, 3.63) is 65.2 Å². The summed E-state index contributed by atoms with van der Waals surface area (Å²) in [6, 6.07) is 10.9. The van der Waals surface area contributed by atoms with Gasteiger partial charge in [0.25, 0.3) is 0 Å². The predicted molar refractivity (Wildman–Crippen MR) is 79.3 cm³/mol. The van der Waals surface area contributed by atoms with Crippen LogP contribution in [0.1, 0.15) is 37.1 Å². The van der Waals surface area contributed by atoms with Gasteiger partial charge in [-0.25, -0.2) is 8.78 Å². The number of benzene rings is 2. The second kappa shape index (κ2) is 6.68. The van der Waals surface area contributed by atoms with Gasteiger partial charge in [-0.3, -0.25) is 0 Å². The predicted octanol–water partition coefficient (Wildman–Crippen LogP) is 4.39. The van der Waals surface area contributed by atoms with Crippen molar-refractivity contribution in [2.45, 2.75) is 25.9 Å². The number of rotatable bonds is 5. The van der Waals surface area contributed by atoms with E-state index in [0.717, 1.165) is 5.56 Å². The summed E-state index contributed by atoms with van der Waals surface area (Å²) in [7, 11) is 1.51. The van der Waals surface area contributed by atoms with Gasteiger partial charge in [-0.05, 0) is 37.6 Å². The second-order valence-corrected chi connectivity index (χ2v) is 5.05. The molecule has 0 heterocycles. The van der Waals surface area contributed by atoms with Crippen LogP contribution < -0.4 is 10.1 Å². The van der Waals surface area contributed by atoms with Crippen LogP contribution in [0.5, 0.6) is 5.75 Å². The summed E-state index contributed by atoms with van der Waals surface area (Å²) in [5.74, 6) is -0.0733. The van der Waals surface area contributed by atoms with E-state index >= 15 is 0 Å². The van der Waals surface area contributed by atoms with Crippen LogP contribution in [0.25, 0.3) is 0 Å². The monoisotopic (exact) mass is 291 g/mol. The first-order valence-electron chi connectivity index (χ1n) is 6.86. The minimum Gasteiger partial charge on any atom is -0.497 e. The van der Waals surface area contributed by atoms with Crippen LogP contribution in [0.2, 0.25) is 0 Å². The molecule has 0 aliphatic heterocycles. The third-order valence-electron chi connectivity index (χ3n) is 3.54. The van der Waals surface area contributed by atoms with E-state index in [2.05, 4.69) is 5.32 Å². The maximum atomic E-state index is 14.0. The summed E-state index contributed by atoms with van der Waals surface area (Å²) in [6.07, 6.45) is 0. The van der Waals surface area contributed by atoms with E-state index in [1.165, 1.54) is 25.3 Å². The molecule has 0 aromatic heterocycles. The number of halogens is 2. The summed E-state index contributed by atoms with van der Waals surface area (Å²) in [5.41, 5.74) is 1.53. The lowest BCUT2D eigenvalue weighted by Gasteiger charge is -2.21. The van der Waals surface area contributed by atoms with Crippen LogP contribution in [-0.4, -0.2) is 7.11 Å². The van der Waals surface area contributed by atoms with Gasteiger partial charge in [0, 0.05) is 23.7 Å². The normalized spacial score (nSPS) is 13.8. The van der Waals surface area contributed by atoms with Gasteiger partial charge in [0.05, 0.1) is 7.11 Å². The molecule has 0 bridgehead atoms. The fourth-order valence-corrected chi connectivity index (χ4v) is 2.30. The smallest absolute Gasteiger partial charge is 0.131 e. The number of hydrogen-bond donors (Lipinski definition) is 1. The van der Waals surface area contributed by atoms with Crippen molar-refractivity contribution in [2.75, 3.05) is 7.11 Å². The molecule has 0 aliphatic rings. The van der Waals surface area contributed by atoms with Crippen LogP contribution in [0.4, 0.5) is 8.78 Å². The molecule has 0 radical (unpaired) electrons. The molecule has 2 rings (SSSR count). The minimum atomic E-state index is -0.305. The average Bonchev–Trinajstić information content (AvgIpc) is 2.47. The Labute approximate surface area is 123 Å². The Kier molecular flexibility index (Phi) is 4.91. The number of methoxy groups -OCH3 is 1. The van der Waals surface area contributed by atoms with Gasteiger partial charge in [-0.1, -0.05) is 18.2 Å². The van der Waals surface area contributed by atoms with Crippen LogP contribution in [0, 0.1) is 11.6 Å². The molecule has 21 heavy (non-hydrogen) atoms. The molecule has 0 aliphatic carbocycles. The molecule has 2 atom stereocenters. The highest BCUT2D eigenvalue weighted by atomic mass is 19.1. The van der Waals surface area contributed by atoms with Gasteiger partial charge in [-0.15, -0.1) is 0 Å². The van der Waals surface area contributed by atoms with Crippen molar-refractivity contribution in [3.63, 3.8) is 0 Å². The number of nitrogens with one attached hydrogen (secondary N) is 1. The standard InChI is InChI=1S/C17H19F2NO/c1-11(13-4-6-14(18)7-5-13)20-12(2)16-9-8-15(21-3)10-17(16)19/h4-12,20H,1-3H3. The van der Waals surface area contributed by atoms with Crippen molar-refractivity contribution in [1.29, 1.82) is 0 Å². The lowest BCUT2D eigenvalue weighted by Crippen LogP contribution is -2.23. The van der Waals surface area contributed by atoms with Gasteiger partial charge < -0.3 is 10.1 Å². The largest absolute Gasteiger partial charge is 0.497 e. The van der Waals surface area contributed by atoms with Gasteiger partial charge in [0.1, 0.15) is 17.4 Å². The summed E-state index contributed by atoms with van der Waals surface area (Å²) in [4.78, 5) is 0. The summed E-state index contributed by atoms with van der Waals surface area (Å²) in [5, 5.41) is 3.31. The molecule has 4 heteroatoms. The van der Waals surface area contributed by atoms with E-state index in [1.807, 2.05) is 13.8 Å². The van der Waals surface area contributed by atoms with Crippen LogP contribution in [0.3, 0.4) is 0 Å². The Bertz CT molecular complexity index is 598. The second-order valence-electron chi connectivity index (χ2n) is 5.05. The fraction of sp³-hybridized carbons (Fsp3) is 0.294. The molecule has 0 saturated heterocycles. The molecule has 0 amide bonds. The molecule has 2 aromatic rings. The molecule has 2 nitrogen and oxygen atoms in total. The zero-order valence-corrected chi connectivity index (χ0v) is 12.4. The van der Waals surface area contributed by atoms with Crippen molar-refractivity contribution < 1.29 is 13.5 Å². The average molecular weight is 291 g/mol. The Balaban J connectivity index is 2.10. The van der Waals surface area contributed by atoms with E-state index in [9.17, 15) is 8.78 Å². The molecule has 2 unspecified atom stereocenters. The fourth-order valence-electron chi connectivity index (χ4n) is 2.30. The first-order chi connectivity index (χ1) is 10.0. The maximum Gasteiger partial charge on any atom is 0.131 e. The Morgan fingerprint density at radius 2 is 1.62 bits per heavy atom. The highest BCUT2D eigenvalue weighted by Crippen LogP contribution is 2.24. The molecule has 0 spiro atoms. The Morgan fingerprint density at radius 3 is 2.19 bits per heavy atom. The number of ether oxygens (including phenoxy) is 1. The first-order valence-corrected chi connectivity index (χ1v) is 6.86. The number of hydrogen-bond acceptors (Lipinski definition) is 2. The van der Waals surface area contributed by atoms with Crippen molar-refractivity contribution in [2.24, 2.45) is 0 Å². The van der Waals surface area contributed by atoms with Crippen LogP contribution >= 0.6 is 0 Å². The van der Waals surface area contributed by atoms with Crippen molar-refractivity contribution in [1.82, 2.24) is 5.32 Å². The van der Waals surface area contributed by atoms with E-state index in [-0.39, 0.29) is 23.7 Å². The van der Waals surface area contributed by atoms with E-state index in [0.29, 0.717) is 11.3 Å². The summed E-state index contributed by atoms with van der Waals surface area (Å²) in [6.45, 7) is 3.86. The minimum absolute atomic E-state index is 0.0119. The van der Waals surface area contributed by atoms with Crippen LogP contribution in [0.15, 0.2) is 42.5 Å². The highest BCUT2D eigenvalue weighted by Gasteiger charge is 2.15. The van der Waals surface area contributed by atoms with Gasteiger partial charge in [-0.2, -0.15) is 0 Å². The van der Waals surface area contributed by atoms with Crippen LogP contribution in [-0.2, 0) is 0 Å². The molecule has 112 valence electrons. The lowest BCUT2D eigenvalue weighted by molar-refractivity contribution is 0.408. The molecular formula is C17H19F2NO. The molecular weight excluding hydrogens is 272 g/mol. The summed E-state index contributed by atoms with van der Waals surface area (Å²) >= 11 is 0. The van der Waals surface area contributed by atoms with Crippen molar-refractivity contribution >= 4 is 0 Å². The van der Waals surface area contributed by atoms with E-state index in [4.69, 9.17) is 4.74 Å². The quantitative estimate of drug-likeness (QED) is 0.882. The first kappa shape index (κ1) is 15.4. The van der Waals surface area contributed by atoms with E-state index in [1.54, 1.807) is 24.3 Å². The van der Waals surface area contributed by atoms with Gasteiger partial charge >= 0.3 is 0 Å². The third-order valence-corrected chi connectivity index (χ3v) is 3.54. The molecule has 1 N–H and O–H groups in total. The molecule has 0 saturated carbocycles. The Morgan fingerprint density at radius 1 is 0.952 bits per heavy atom. The molecule has 0 fully saturated rings. The van der Waals surface area contributed by atoms with E-state index < -0.39 is 0 Å². The molecule has 2 aromatic carbocycles. The maximum absolute atomic E-state index is 14.0. The summed E-state index contributed by atoms with van der Waals surface area (Å²) < 4.78 is 31.9. The topological polar surface area (TPSA) is 21.3 Å². The zero-order chi connectivity index (χ0) is 15.4. The lowest BCUT2D eigenvalue weighted by atomic mass is 10.0. The highest BCUT2D eigenvalue weighted by molar-refractivity contribution is 5.31. The Hall–Kier alpha value is -1.94. The van der Waals surface area contributed by atoms with Gasteiger partial charge in [0.2, 0.25) is 0 Å². The zero-order valence-electron chi connectivity index (χ0n) is 12.4. The van der Waals surface area contributed by atoms with Gasteiger partial charge in [0.15, 0.2) is 0 Å². The van der Waals surface area contributed by atoms with Crippen molar-refractivity contribution in [3.8, 4) is 5.75 Å². The SMILES string of the molecule is COc1ccc(C(C)NC(C)c2ccc(F)cc2)c(F)c1. The third kappa shape index (κ3) is 3.79.